The summed E-state index contributed by atoms with van der Waals surface area (Å²) in [6.07, 6.45) is 1.37. The van der Waals surface area contributed by atoms with Crippen LogP contribution < -0.4 is 16.0 Å². The Morgan fingerprint density at radius 1 is 0.957 bits per heavy atom. The van der Waals surface area contributed by atoms with Crippen LogP contribution in [0.25, 0.3) is 0 Å². The fourth-order valence-electron chi connectivity index (χ4n) is 1.80. The van der Waals surface area contributed by atoms with Crippen LogP contribution in [0.2, 0.25) is 0 Å². The first-order valence-electron chi connectivity index (χ1n) is 7.00. The zero-order valence-corrected chi connectivity index (χ0v) is 12.6. The van der Waals surface area contributed by atoms with Crippen molar-refractivity contribution in [2.75, 3.05) is 18.4 Å². The number of benzene rings is 1. The zero-order valence-electron chi connectivity index (χ0n) is 12.6. The molecule has 3 amide bonds. The van der Waals surface area contributed by atoms with Crippen molar-refractivity contribution < 1.29 is 18.8 Å². The highest BCUT2D eigenvalue weighted by Crippen LogP contribution is 2.12. The molecular formula is C16H17N3O4. The predicted molar refractivity (Wildman–Crippen MR) is 83.9 cm³/mol. The standard InChI is InChI=1S/C16H17N3O4/c1-11-5-2-3-6-12(11)19-15(21)10-17-14(20)9-18-16(22)13-7-4-8-23-13/h2-8H,9-10H2,1H3,(H,17,20)(H,18,22)(H,19,21). The molecule has 0 saturated heterocycles. The van der Waals surface area contributed by atoms with Crippen molar-refractivity contribution in [3.63, 3.8) is 0 Å². The number of furan rings is 1. The molecule has 23 heavy (non-hydrogen) atoms. The molecule has 0 aliphatic rings. The summed E-state index contributed by atoms with van der Waals surface area (Å²) in [5, 5.41) is 7.51. The Kier molecular flexibility index (Phi) is 5.51. The molecule has 0 radical (unpaired) electrons. The SMILES string of the molecule is Cc1ccccc1NC(=O)CNC(=O)CNC(=O)c1ccco1. The first-order valence-corrected chi connectivity index (χ1v) is 7.00. The highest BCUT2D eigenvalue weighted by molar-refractivity contribution is 5.97. The van der Waals surface area contributed by atoms with Crippen LogP contribution in [-0.4, -0.2) is 30.8 Å². The van der Waals surface area contributed by atoms with Gasteiger partial charge in [-0.1, -0.05) is 18.2 Å². The highest BCUT2D eigenvalue weighted by Gasteiger charge is 2.11. The van der Waals surface area contributed by atoms with E-state index in [0.717, 1.165) is 5.56 Å². The van der Waals surface area contributed by atoms with Gasteiger partial charge < -0.3 is 20.4 Å². The number of rotatable bonds is 6. The minimum absolute atomic E-state index is 0.120. The molecule has 0 aliphatic heterocycles. The molecule has 3 N–H and O–H groups in total. The average Bonchev–Trinajstić information content (AvgIpc) is 3.07. The summed E-state index contributed by atoms with van der Waals surface area (Å²) < 4.78 is 4.90. The van der Waals surface area contributed by atoms with E-state index in [9.17, 15) is 14.4 Å². The number of aryl methyl sites for hydroxylation is 1. The number of para-hydroxylation sites is 1. The number of hydrogen-bond acceptors (Lipinski definition) is 4. The van der Waals surface area contributed by atoms with Crippen LogP contribution in [0.5, 0.6) is 0 Å². The van der Waals surface area contributed by atoms with Gasteiger partial charge in [0.25, 0.3) is 5.91 Å². The van der Waals surface area contributed by atoms with Crippen molar-refractivity contribution in [2.45, 2.75) is 6.92 Å². The highest BCUT2D eigenvalue weighted by atomic mass is 16.3. The van der Waals surface area contributed by atoms with Gasteiger partial charge in [-0.25, -0.2) is 0 Å². The summed E-state index contributed by atoms with van der Waals surface area (Å²) in [5.74, 6) is -1.18. The summed E-state index contributed by atoms with van der Waals surface area (Å²) in [7, 11) is 0. The number of carbonyl (C=O) groups excluding carboxylic acids is 3. The van der Waals surface area contributed by atoms with Gasteiger partial charge in [0.1, 0.15) is 0 Å². The molecule has 1 aromatic carbocycles. The molecule has 2 rings (SSSR count). The smallest absolute Gasteiger partial charge is 0.287 e. The minimum Gasteiger partial charge on any atom is -0.459 e. The average molecular weight is 315 g/mol. The number of anilines is 1. The van der Waals surface area contributed by atoms with Crippen molar-refractivity contribution in [2.24, 2.45) is 0 Å². The summed E-state index contributed by atoms with van der Waals surface area (Å²) in [4.78, 5) is 34.9. The maximum absolute atomic E-state index is 11.8. The van der Waals surface area contributed by atoms with Crippen LogP contribution in [0, 0.1) is 6.92 Å². The summed E-state index contributed by atoms with van der Waals surface area (Å²) >= 11 is 0. The third-order valence-electron chi connectivity index (χ3n) is 3.02. The summed E-state index contributed by atoms with van der Waals surface area (Å²) in [6.45, 7) is 1.46. The Morgan fingerprint density at radius 3 is 2.39 bits per heavy atom. The van der Waals surface area contributed by atoms with Crippen LogP contribution in [-0.2, 0) is 9.59 Å². The van der Waals surface area contributed by atoms with Crippen molar-refractivity contribution in [3.05, 3.63) is 54.0 Å². The second-order valence-corrected chi connectivity index (χ2v) is 4.80. The lowest BCUT2D eigenvalue weighted by atomic mass is 10.2. The molecule has 120 valence electrons. The minimum atomic E-state index is -0.491. The third kappa shape index (κ3) is 4.99. The van der Waals surface area contributed by atoms with Crippen LogP contribution in [0.4, 0.5) is 5.69 Å². The van der Waals surface area contributed by atoms with E-state index in [1.165, 1.54) is 12.3 Å². The van der Waals surface area contributed by atoms with E-state index in [0.29, 0.717) is 5.69 Å². The number of carbonyl (C=O) groups is 3. The Balaban J connectivity index is 1.71. The monoisotopic (exact) mass is 315 g/mol. The lowest BCUT2D eigenvalue weighted by Crippen LogP contribution is -2.40. The lowest BCUT2D eigenvalue weighted by molar-refractivity contribution is -0.123. The first kappa shape index (κ1) is 16.3. The Labute approximate surface area is 133 Å². The number of nitrogens with one attached hydrogen (secondary N) is 3. The molecule has 0 bridgehead atoms. The molecular weight excluding hydrogens is 298 g/mol. The van der Waals surface area contributed by atoms with Crippen molar-refractivity contribution in [3.8, 4) is 0 Å². The molecule has 0 unspecified atom stereocenters. The van der Waals surface area contributed by atoms with Crippen LogP contribution >= 0.6 is 0 Å². The van der Waals surface area contributed by atoms with E-state index in [1.807, 2.05) is 25.1 Å². The molecule has 0 spiro atoms. The largest absolute Gasteiger partial charge is 0.459 e. The van der Waals surface area contributed by atoms with Gasteiger partial charge in [-0.15, -0.1) is 0 Å². The molecule has 7 heteroatoms. The predicted octanol–water partition coefficient (Wildman–Crippen LogP) is 1.07. The van der Waals surface area contributed by atoms with Gasteiger partial charge in [0.2, 0.25) is 11.8 Å². The molecule has 1 aromatic heterocycles. The van der Waals surface area contributed by atoms with E-state index in [-0.39, 0.29) is 24.8 Å². The third-order valence-corrected chi connectivity index (χ3v) is 3.02. The topological polar surface area (TPSA) is 100 Å². The second-order valence-electron chi connectivity index (χ2n) is 4.80. The van der Waals surface area contributed by atoms with Gasteiger partial charge in [0.15, 0.2) is 5.76 Å². The van der Waals surface area contributed by atoms with Gasteiger partial charge in [-0.3, -0.25) is 14.4 Å². The lowest BCUT2D eigenvalue weighted by Gasteiger charge is -2.09. The zero-order chi connectivity index (χ0) is 16.7. The second kappa shape index (κ2) is 7.79. The Bertz CT molecular complexity index is 695. The fourth-order valence-corrected chi connectivity index (χ4v) is 1.80. The van der Waals surface area contributed by atoms with Gasteiger partial charge in [0.05, 0.1) is 19.4 Å². The molecule has 0 fully saturated rings. The molecule has 0 aliphatic carbocycles. The molecule has 1 heterocycles. The van der Waals surface area contributed by atoms with Crippen molar-refractivity contribution >= 4 is 23.4 Å². The number of amides is 3. The van der Waals surface area contributed by atoms with Crippen LogP contribution in [0.3, 0.4) is 0 Å². The van der Waals surface area contributed by atoms with Crippen LogP contribution in [0.15, 0.2) is 47.1 Å². The van der Waals surface area contributed by atoms with Crippen LogP contribution in [0.1, 0.15) is 16.1 Å². The summed E-state index contributed by atoms with van der Waals surface area (Å²) in [6, 6.07) is 10.4. The molecule has 0 saturated carbocycles. The van der Waals surface area contributed by atoms with Gasteiger partial charge in [-0.2, -0.15) is 0 Å². The van der Waals surface area contributed by atoms with Gasteiger partial charge in [0, 0.05) is 5.69 Å². The molecule has 0 atom stereocenters. The van der Waals surface area contributed by atoms with E-state index in [1.54, 1.807) is 12.1 Å². The van der Waals surface area contributed by atoms with Gasteiger partial charge >= 0.3 is 0 Å². The maximum atomic E-state index is 11.8. The quantitative estimate of drug-likeness (QED) is 0.742. The summed E-state index contributed by atoms with van der Waals surface area (Å²) in [5.41, 5.74) is 1.62. The Hall–Kier alpha value is -3.09. The number of hydrogen-bond donors (Lipinski definition) is 3. The van der Waals surface area contributed by atoms with Crippen molar-refractivity contribution in [1.29, 1.82) is 0 Å². The Morgan fingerprint density at radius 2 is 1.70 bits per heavy atom. The first-order chi connectivity index (χ1) is 11.1. The normalized spacial score (nSPS) is 9.96. The van der Waals surface area contributed by atoms with E-state index in [2.05, 4.69) is 16.0 Å². The molecule has 7 nitrogen and oxygen atoms in total. The molecule has 2 aromatic rings. The van der Waals surface area contributed by atoms with E-state index >= 15 is 0 Å². The maximum Gasteiger partial charge on any atom is 0.287 e. The van der Waals surface area contributed by atoms with Crippen molar-refractivity contribution in [1.82, 2.24) is 10.6 Å². The van der Waals surface area contributed by atoms with E-state index in [4.69, 9.17) is 4.42 Å². The van der Waals surface area contributed by atoms with Gasteiger partial charge in [-0.05, 0) is 30.7 Å². The van der Waals surface area contributed by atoms with E-state index < -0.39 is 11.8 Å². The fraction of sp³-hybridized carbons (Fsp3) is 0.188.